The van der Waals surface area contributed by atoms with Crippen LogP contribution in [0.15, 0.2) is 30.0 Å². The fourth-order valence-corrected chi connectivity index (χ4v) is 2.56. The summed E-state index contributed by atoms with van der Waals surface area (Å²) in [6.07, 6.45) is 5.37. The highest BCUT2D eigenvalue weighted by molar-refractivity contribution is 5.46. The van der Waals surface area contributed by atoms with Gasteiger partial charge in [-0.3, -0.25) is 9.88 Å². The van der Waals surface area contributed by atoms with Crippen molar-refractivity contribution in [3.63, 3.8) is 0 Å². The van der Waals surface area contributed by atoms with Crippen LogP contribution in [0.25, 0.3) is 0 Å². The minimum absolute atomic E-state index is 1.10. The van der Waals surface area contributed by atoms with Crippen molar-refractivity contribution in [3.8, 4) is 0 Å². The summed E-state index contributed by atoms with van der Waals surface area (Å²) in [7, 11) is 0. The molecule has 1 aliphatic rings. The maximum absolute atomic E-state index is 4.28. The fourth-order valence-electron chi connectivity index (χ4n) is 2.56. The van der Waals surface area contributed by atoms with E-state index in [1.807, 2.05) is 6.20 Å². The molecule has 1 aromatic heterocycles. The van der Waals surface area contributed by atoms with Crippen LogP contribution in [-0.4, -0.2) is 42.6 Å². The van der Waals surface area contributed by atoms with E-state index in [-0.39, 0.29) is 0 Å². The Labute approximate surface area is 116 Å². The smallest absolute Gasteiger partial charge is 0.0400 e. The Bertz CT molecular complexity index is 439. The van der Waals surface area contributed by atoms with Gasteiger partial charge in [-0.2, -0.15) is 0 Å². The highest BCUT2D eigenvalue weighted by atomic mass is 15.2. The number of anilines is 1. The van der Waals surface area contributed by atoms with Gasteiger partial charge in [0.1, 0.15) is 0 Å². The molecule has 1 saturated heterocycles. The van der Waals surface area contributed by atoms with Crippen LogP contribution in [0.3, 0.4) is 0 Å². The van der Waals surface area contributed by atoms with Crippen LogP contribution in [0.4, 0.5) is 5.69 Å². The summed E-state index contributed by atoms with van der Waals surface area (Å²) >= 11 is 0. The summed E-state index contributed by atoms with van der Waals surface area (Å²) in [4.78, 5) is 9.32. The van der Waals surface area contributed by atoms with Crippen LogP contribution in [0.2, 0.25) is 0 Å². The third-order valence-corrected chi connectivity index (χ3v) is 3.80. The third kappa shape index (κ3) is 4.06. The highest BCUT2D eigenvalue weighted by Gasteiger charge is 2.15. The van der Waals surface area contributed by atoms with Gasteiger partial charge in [0.2, 0.25) is 0 Å². The molecule has 0 amide bonds. The van der Waals surface area contributed by atoms with Crippen molar-refractivity contribution in [2.24, 2.45) is 0 Å². The zero-order chi connectivity index (χ0) is 13.7. The fraction of sp³-hybridized carbons (Fsp3) is 0.562. The van der Waals surface area contributed by atoms with Crippen LogP contribution in [0.5, 0.6) is 0 Å². The maximum Gasteiger partial charge on any atom is 0.0400 e. The van der Waals surface area contributed by atoms with E-state index < -0.39 is 0 Å². The number of hydrogen-bond acceptors (Lipinski definition) is 3. The number of aromatic nitrogens is 1. The molecule has 2 rings (SSSR count). The van der Waals surface area contributed by atoms with Gasteiger partial charge < -0.3 is 4.90 Å². The van der Waals surface area contributed by atoms with Crippen molar-refractivity contribution in [1.29, 1.82) is 0 Å². The summed E-state index contributed by atoms with van der Waals surface area (Å²) in [5.74, 6) is 0. The van der Waals surface area contributed by atoms with Gasteiger partial charge in [-0.15, -0.1) is 0 Å². The molecule has 0 aliphatic carbocycles. The minimum Gasteiger partial charge on any atom is -0.370 e. The molecule has 0 aromatic carbocycles. The predicted molar refractivity (Wildman–Crippen MR) is 81.7 cm³/mol. The van der Waals surface area contributed by atoms with Gasteiger partial charge in [-0.25, -0.2) is 0 Å². The quantitative estimate of drug-likeness (QED) is 0.778. The SMILES string of the molecule is CC=C(C)CN1CCCN(c2ccnc(C)c2)CC1. The monoisotopic (exact) mass is 259 g/mol. The Morgan fingerprint density at radius 3 is 2.89 bits per heavy atom. The summed E-state index contributed by atoms with van der Waals surface area (Å²) in [5, 5.41) is 0. The zero-order valence-corrected chi connectivity index (χ0v) is 12.4. The molecule has 19 heavy (non-hydrogen) atoms. The lowest BCUT2D eigenvalue weighted by Crippen LogP contribution is -2.31. The molecule has 3 heteroatoms. The van der Waals surface area contributed by atoms with Crippen LogP contribution in [0, 0.1) is 6.92 Å². The molecule has 0 saturated carbocycles. The number of aryl methyl sites for hydroxylation is 1. The van der Waals surface area contributed by atoms with Gasteiger partial charge in [-0.1, -0.05) is 11.6 Å². The second-order valence-corrected chi connectivity index (χ2v) is 5.41. The Balaban J connectivity index is 1.97. The molecule has 0 radical (unpaired) electrons. The second-order valence-electron chi connectivity index (χ2n) is 5.41. The van der Waals surface area contributed by atoms with E-state index in [1.54, 1.807) is 0 Å². The summed E-state index contributed by atoms with van der Waals surface area (Å²) < 4.78 is 0. The van der Waals surface area contributed by atoms with Crippen molar-refractivity contribution >= 4 is 5.69 Å². The first kappa shape index (κ1) is 14.1. The van der Waals surface area contributed by atoms with E-state index in [2.05, 4.69) is 53.8 Å². The molecule has 0 N–H and O–H groups in total. The van der Waals surface area contributed by atoms with Gasteiger partial charge in [0, 0.05) is 50.3 Å². The summed E-state index contributed by atoms with van der Waals surface area (Å²) in [5.41, 5.74) is 3.88. The molecule has 2 heterocycles. The molecule has 0 unspecified atom stereocenters. The van der Waals surface area contributed by atoms with E-state index in [0.717, 1.165) is 31.9 Å². The number of allylic oxidation sites excluding steroid dienone is 1. The molecule has 1 aromatic rings. The average molecular weight is 259 g/mol. The average Bonchev–Trinajstić information content (AvgIpc) is 2.64. The lowest BCUT2D eigenvalue weighted by molar-refractivity contribution is 0.318. The van der Waals surface area contributed by atoms with E-state index in [0.29, 0.717) is 0 Å². The van der Waals surface area contributed by atoms with Crippen molar-refractivity contribution in [3.05, 3.63) is 35.7 Å². The van der Waals surface area contributed by atoms with Crippen molar-refractivity contribution in [2.75, 3.05) is 37.6 Å². The zero-order valence-electron chi connectivity index (χ0n) is 12.4. The van der Waals surface area contributed by atoms with E-state index in [9.17, 15) is 0 Å². The predicted octanol–water partition coefficient (Wildman–Crippen LogP) is 2.87. The van der Waals surface area contributed by atoms with Crippen molar-refractivity contribution in [2.45, 2.75) is 27.2 Å². The number of pyridine rings is 1. The topological polar surface area (TPSA) is 19.4 Å². The number of rotatable bonds is 3. The lowest BCUT2D eigenvalue weighted by Gasteiger charge is -2.24. The molecule has 0 atom stereocenters. The van der Waals surface area contributed by atoms with E-state index in [4.69, 9.17) is 0 Å². The molecule has 3 nitrogen and oxygen atoms in total. The minimum atomic E-state index is 1.10. The first-order valence-electron chi connectivity index (χ1n) is 7.21. The van der Waals surface area contributed by atoms with Gasteiger partial charge in [0.25, 0.3) is 0 Å². The summed E-state index contributed by atoms with van der Waals surface area (Å²) in [6, 6.07) is 4.31. The van der Waals surface area contributed by atoms with E-state index in [1.165, 1.54) is 24.2 Å². The van der Waals surface area contributed by atoms with E-state index >= 15 is 0 Å². The second kappa shape index (κ2) is 6.71. The Hall–Kier alpha value is -1.35. The van der Waals surface area contributed by atoms with Crippen molar-refractivity contribution < 1.29 is 0 Å². The standard InChI is InChI=1S/C16H25N3/c1-4-14(2)13-18-8-5-9-19(11-10-18)16-6-7-17-15(3)12-16/h4,6-7,12H,5,8-11,13H2,1-3H3. The molecular formula is C16H25N3. The lowest BCUT2D eigenvalue weighted by atomic mass is 10.2. The van der Waals surface area contributed by atoms with Crippen LogP contribution < -0.4 is 4.90 Å². The third-order valence-electron chi connectivity index (χ3n) is 3.80. The molecule has 1 fully saturated rings. The largest absolute Gasteiger partial charge is 0.370 e. The Morgan fingerprint density at radius 1 is 1.32 bits per heavy atom. The van der Waals surface area contributed by atoms with Crippen LogP contribution in [0.1, 0.15) is 26.0 Å². The van der Waals surface area contributed by atoms with Gasteiger partial charge in [0.15, 0.2) is 0 Å². The molecule has 104 valence electrons. The Morgan fingerprint density at radius 2 is 2.16 bits per heavy atom. The number of nitrogens with zero attached hydrogens (tertiary/aromatic N) is 3. The first-order chi connectivity index (χ1) is 9.19. The van der Waals surface area contributed by atoms with Gasteiger partial charge in [0.05, 0.1) is 0 Å². The molecule has 1 aliphatic heterocycles. The Kier molecular flexibility index (Phi) is 4.97. The molecule has 0 spiro atoms. The van der Waals surface area contributed by atoms with Gasteiger partial charge >= 0.3 is 0 Å². The normalized spacial score (nSPS) is 18.5. The van der Waals surface area contributed by atoms with Crippen LogP contribution >= 0.6 is 0 Å². The number of hydrogen-bond donors (Lipinski definition) is 0. The van der Waals surface area contributed by atoms with Crippen LogP contribution in [-0.2, 0) is 0 Å². The van der Waals surface area contributed by atoms with Gasteiger partial charge in [-0.05, 0) is 39.3 Å². The highest BCUT2D eigenvalue weighted by Crippen LogP contribution is 2.17. The van der Waals surface area contributed by atoms with Crippen molar-refractivity contribution in [1.82, 2.24) is 9.88 Å². The first-order valence-corrected chi connectivity index (χ1v) is 7.21. The maximum atomic E-state index is 4.28. The molecular weight excluding hydrogens is 234 g/mol. The molecule has 0 bridgehead atoms. The summed E-state index contributed by atoms with van der Waals surface area (Å²) in [6.45, 7) is 12.1.